The van der Waals surface area contributed by atoms with E-state index in [4.69, 9.17) is 26.5 Å². The summed E-state index contributed by atoms with van der Waals surface area (Å²) in [7, 11) is 0. The maximum atomic E-state index is 13.7. The van der Waals surface area contributed by atoms with Gasteiger partial charge in [0, 0.05) is 30.6 Å². The zero-order valence-corrected chi connectivity index (χ0v) is 20.5. The number of aryl methyl sites for hydroxylation is 1. The molecule has 0 bridgehead atoms. The third-order valence-electron chi connectivity index (χ3n) is 5.90. The molecule has 0 aliphatic carbocycles. The molecule has 4 aromatic rings. The number of esters is 1. The van der Waals surface area contributed by atoms with Gasteiger partial charge in [0.2, 0.25) is 5.76 Å². The fraction of sp³-hybridized carbons (Fsp3) is 0.250. The van der Waals surface area contributed by atoms with Gasteiger partial charge in [0.1, 0.15) is 17.7 Å². The summed E-state index contributed by atoms with van der Waals surface area (Å²) in [5.74, 6) is -2.11. The topological polar surface area (TPSA) is 77.5 Å². The molecule has 0 spiro atoms. The molecule has 2 unspecified atom stereocenters. The highest BCUT2D eigenvalue weighted by molar-refractivity contribution is 6.34. The lowest BCUT2D eigenvalue weighted by molar-refractivity contribution is 0.0206. The molecule has 1 heterocycles. The number of furan rings is 1. The molecule has 3 aromatic carbocycles. The van der Waals surface area contributed by atoms with Crippen LogP contribution in [0.25, 0.3) is 11.0 Å². The summed E-state index contributed by atoms with van der Waals surface area (Å²) in [5, 5.41) is 4.32. The number of carbonyl (C=O) groups excluding carboxylic acids is 1. The Morgan fingerprint density at radius 1 is 1.03 bits per heavy atom. The second-order valence-corrected chi connectivity index (χ2v) is 9.07. The van der Waals surface area contributed by atoms with Crippen molar-refractivity contribution in [1.29, 1.82) is 0 Å². The second kappa shape index (κ2) is 11.6. The number of para-hydroxylation sites is 1. The van der Waals surface area contributed by atoms with Gasteiger partial charge in [-0.1, -0.05) is 54.9 Å². The Labute approximate surface area is 213 Å². The number of benzene rings is 3. The van der Waals surface area contributed by atoms with Gasteiger partial charge in [-0.15, -0.1) is 0 Å². The highest BCUT2D eigenvalue weighted by Crippen LogP contribution is 2.27. The average Bonchev–Trinajstić information content (AvgIpc) is 3.29. The SMILES string of the molecule is CCc1cccc(CNCC(OC(=O)c2cc3cccc(Cl)c3o2)C(N)Cc2cc(F)cc(F)c2)c1. The molecule has 188 valence electrons. The van der Waals surface area contributed by atoms with Crippen molar-refractivity contribution in [2.24, 2.45) is 5.73 Å². The molecule has 0 aliphatic rings. The van der Waals surface area contributed by atoms with Crippen LogP contribution in [0.5, 0.6) is 0 Å². The molecule has 0 aliphatic heterocycles. The number of nitrogens with two attached hydrogens (primary N) is 1. The Balaban J connectivity index is 1.50. The van der Waals surface area contributed by atoms with Crippen LogP contribution in [0.15, 0.2) is 71.1 Å². The van der Waals surface area contributed by atoms with E-state index in [0.717, 1.165) is 18.1 Å². The lowest BCUT2D eigenvalue weighted by Crippen LogP contribution is -2.45. The first-order chi connectivity index (χ1) is 17.3. The number of halogens is 3. The Bertz CT molecular complexity index is 1340. The summed E-state index contributed by atoms with van der Waals surface area (Å²) < 4.78 is 38.7. The number of rotatable bonds is 10. The Kier molecular flexibility index (Phi) is 8.36. The van der Waals surface area contributed by atoms with Crippen LogP contribution in [0.1, 0.15) is 34.2 Å². The lowest BCUT2D eigenvalue weighted by Gasteiger charge is -2.24. The van der Waals surface area contributed by atoms with E-state index < -0.39 is 29.7 Å². The Hall–Kier alpha value is -3.26. The number of hydrogen-bond donors (Lipinski definition) is 2. The van der Waals surface area contributed by atoms with E-state index in [-0.39, 0.29) is 18.7 Å². The standard InChI is InChI=1S/C28H27ClF2N2O3/c1-2-17-5-3-6-18(9-17)15-33-16-26(24(32)12-19-10-21(30)14-22(31)11-19)36-28(34)25-13-20-7-4-8-23(29)27(20)35-25/h3-11,13-14,24,26,33H,2,12,15-16,32H2,1H3. The molecule has 36 heavy (non-hydrogen) atoms. The van der Waals surface area contributed by atoms with Crippen LogP contribution >= 0.6 is 11.6 Å². The van der Waals surface area contributed by atoms with Crippen LogP contribution in [-0.4, -0.2) is 24.7 Å². The second-order valence-electron chi connectivity index (χ2n) is 8.66. The molecular formula is C28H27ClF2N2O3. The quantitative estimate of drug-likeness (QED) is 0.262. The van der Waals surface area contributed by atoms with Gasteiger partial charge in [-0.05, 0) is 53.8 Å². The maximum absolute atomic E-state index is 13.7. The summed E-state index contributed by atoms with van der Waals surface area (Å²) >= 11 is 6.16. The molecule has 4 rings (SSSR count). The molecule has 1 aromatic heterocycles. The summed E-state index contributed by atoms with van der Waals surface area (Å²) in [6.07, 6.45) is 0.220. The molecular weight excluding hydrogens is 486 g/mol. The molecule has 0 fully saturated rings. The normalized spacial score (nSPS) is 13.0. The van der Waals surface area contributed by atoms with E-state index in [1.807, 2.05) is 12.1 Å². The van der Waals surface area contributed by atoms with Crippen molar-refractivity contribution in [2.75, 3.05) is 6.54 Å². The van der Waals surface area contributed by atoms with Gasteiger partial charge >= 0.3 is 5.97 Å². The van der Waals surface area contributed by atoms with Crippen LogP contribution in [0, 0.1) is 11.6 Å². The predicted molar refractivity (Wildman–Crippen MR) is 136 cm³/mol. The van der Waals surface area contributed by atoms with Crippen molar-refractivity contribution in [3.8, 4) is 0 Å². The summed E-state index contributed by atoms with van der Waals surface area (Å²) in [6.45, 7) is 2.84. The van der Waals surface area contributed by atoms with Gasteiger partial charge in [-0.25, -0.2) is 13.6 Å². The lowest BCUT2D eigenvalue weighted by atomic mass is 10.0. The molecule has 2 atom stereocenters. The number of fused-ring (bicyclic) bond motifs is 1. The predicted octanol–water partition coefficient (Wildman–Crippen LogP) is 5.81. The van der Waals surface area contributed by atoms with E-state index in [0.29, 0.717) is 28.1 Å². The van der Waals surface area contributed by atoms with Crippen molar-refractivity contribution >= 4 is 28.5 Å². The minimum atomic E-state index is -0.804. The van der Waals surface area contributed by atoms with E-state index in [1.165, 1.54) is 17.7 Å². The fourth-order valence-corrected chi connectivity index (χ4v) is 4.28. The highest BCUT2D eigenvalue weighted by atomic mass is 35.5. The molecule has 5 nitrogen and oxygen atoms in total. The zero-order valence-electron chi connectivity index (χ0n) is 19.8. The van der Waals surface area contributed by atoms with E-state index in [2.05, 4.69) is 24.4 Å². The van der Waals surface area contributed by atoms with Crippen molar-refractivity contribution in [3.63, 3.8) is 0 Å². The minimum absolute atomic E-state index is 0.0113. The first kappa shape index (κ1) is 25.8. The number of nitrogens with one attached hydrogen (secondary N) is 1. The average molecular weight is 513 g/mol. The number of ether oxygens (including phenoxy) is 1. The van der Waals surface area contributed by atoms with Crippen LogP contribution in [0.3, 0.4) is 0 Å². The summed E-state index contributed by atoms with van der Waals surface area (Å²) in [4.78, 5) is 13.0. The van der Waals surface area contributed by atoms with Gasteiger partial charge in [-0.3, -0.25) is 0 Å². The first-order valence-corrected chi connectivity index (χ1v) is 12.1. The maximum Gasteiger partial charge on any atom is 0.374 e. The van der Waals surface area contributed by atoms with E-state index in [1.54, 1.807) is 24.3 Å². The van der Waals surface area contributed by atoms with Crippen LogP contribution in [-0.2, 0) is 24.1 Å². The van der Waals surface area contributed by atoms with Crippen molar-refractivity contribution in [3.05, 3.63) is 106 Å². The van der Waals surface area contributed by atoms with Gasteiger partial charge in [0.05, 0.1) is 5.02 Å². The van der Waals surface area contributed by atoms with Crippen molar-refractivity contribution in [1.82, 2.24) is 5.32 Å². The fourth-order valence-electron chi connectivity index (χ4n) is 4.05. The zero-order chi connectivity index (χ0) is 25.7. The van der Waals surface area contributed by atoms with E-state index in [9.17, 15) is 13.6 Å². The van der Waals surface area contributed by atoms with Crippen LogP contribution < -0.4 is 11.1 Å². The van der Waals surface area contributed by atoms with Gasteiger partial charge in [0.25, 0.3) is 0 Å². The highest BCUT2D eigenvalue weighted by Gasteiger charge is 2.25. The van der Waals surface area contributed by atoms with Crippen molar-refractivity contribution < 1.29 is 22.7 Å². The Morgan fingerprint density at radius 3 is 2.47 bits per heavy atom. The molecule has 3 N–H and O–H groups in total. The smallest absolute Gasteiger partial charge is 0.374 e. The number of carbonyl (C=O) groups is 1. The van der Waals surface area contributed by atoms with Crippen molar-refractivity contribution in [2.45, 2.75) is 38.5 Å². The van der Waals surface area contributed by atoms with Gasteiger partial charge < -0.3 is 20.2 Å². The monoisotopic (exact) mass is 512 g/mol. The molecule has 0 radical (unpaired) electrons. The molecule has 0 saturated heterocycles. The molecule has 8 heteroatoms. The van der Waals surface area contributed by atoms with Crippen LogP contribution in [0.4, 0.5) is 8.78 Å². The summed E-state index contributed by atoms with van der Waals surface area (Å²) in [5.41, 5.74) is 9.43. The third-order valence-corrected chi connectivity index (χ3v) is 6.20. The third kappa shape index (κ3) is 6.49. The molecule has 0 amide bonds. The first-order valence-electron chi connectivity index (χ1n) is 11.7. The minimum Gasteiger partial charge on any atom is -0.453 e. The van der Waals surface area contributed by atoms with E-state index >= 15 is 0 Å². The summed E-state index contributed by atoms with van der Waals surface area (Å²) in [6, 6.07) is 17.4. The largest absolute Gasteiger partial charge is 0.453 e. The van der Waals surface area contributed by atoms with Crippen LogP contribution in [0.2, 0.25) is 5.02 Å². The van der Waals surface area contributed by atoms with Gasteiger partial charge in [-0.2, -0.15) is 0 Å². The van der Waals surface area contributed by atoms with Gasteiger partial charge in [0.15, 0.2) is 5.58 Å². The molecule has 0 saturated carbocycles. The number of hydrogen-bond acceptors (Lipinski definition) is 5. The Morgan fingerprint density at radius 2 is 1.75 bits per heavy atom.